The van der Waals surface area contributed by atoms with E-state index in [4.69, 9.17) is 52.1 Å². The number of ether oxygens (including phenoxy) is 11. The van der Waals surface area contributed by atoms with E-state index in [1.807, 2.05) is 0 Å². The minimum Gasteiger partial charge on any atom is -0.479 e. The van der Waals surface area contributed by atoms with E-state index in [0.717, 1.165) is 6.92 Å². The summed E-state index contributed by atoms with van der Waals surface area (Å²) in [5.41, 5.74) is 0. The van der Waals surface area contributed by atoms with Crippen LogP contribution in [0.25, 0.3) is 0 Å². The van der Waals surface area contributed by atoms with Crippen molar-refractivity contribution in [3.63, 3.8) is 0 Å². The Bertz CT molecular complexity index is 1690. The highest BCUT2D eigenvalue weighted by Crippen LogP contribution is 2.38. The number of hydrogen-bond donors (Lipinski definition) is 19. The first-order chi connectivity index (χ1) is 33.0. The zero-order valence-corrected chi connectivity index (χ0v) is 37.0. The van der Waals surface area contributed by atoms with E-state index in [1.165, 1.54) is 6.92 Å². The maximum atomic E-state index is 12.9. The van der Waals surface area contributed by atoms with E-state index >= 15 is 0 Å². The molecular weight excluding hydrogens is 966 g/mol. The van der Waals surface area contributed by atoms with Crippen LogP contribution in [-0.2, 0) is 61.7 Å². The molecule has 6 saturated heterocycles. The summed E-state index contributed by atoms with van der Waals surface area (Å²) in [4.78, 5) is 25.3. The minimum absolute atomic E-state index is 0.877. The number of amides is 1. The number of nitrogens with one attached hydrogen (secondary N) is 1. The van der Waals surface area contributed by atoms with Crippen LogP contribution in [0.4, 0.5) is 0 Å². The summed E-state index contributed by atoms with van der Waals surface area (Å²) in [5.74, 6) is -2.84. The molecule has 30 atom stereocenters. The van der Waals surface area contributed by atoms with Crippen LogP contribution in [-0.4, -0.2) is 314 Å². The Morgan fingerprint density at radius 1 is 0.414 bits per heavy atom. The molecule has 0 saturated carbocycles. The highest BCUT2D eigenvalue weighted by molar-refractivity contribution is 5.74. The Kier molecular flexibility index (Phi) is 19.6. The number of aliphatic hydroxyl groups excluding tert-OH is 17. The molecule has 1 amide bonds. The molecule has 6 fully saturated rings. The average molecular weight is 1030 g/mol. The highest BCUT2D eigenvalue weighted by atomic mass is 16.8. The van der Waals surface area contributed by atoms with Crippen LogP contribution in [0.15, 0.2) is 0 Å². The minimum atomic E-state index is -2.46. The second-order valence-corrected chi connectivity index (χ2v) is 17.5. The molecule has 0 unspecified atom stereocenters. The number of carboxylic acid groups (broad SMARTS) is 1. The van der Waals surface area contributed by atoms with Gasteiger partial charge in [0.1, 0.15) is 134 Å². The van der Waals surface area contributed by atoms with Gasteiger partial charge in [-0.25, -0.2) is 4.79 Å². The lowest BCUT2D eigenvalue weighted by molar-refractivity contribution is -0.406. The summed E-state index contributed by atoms with van der Waals surface area (Å²) in [6, 6.07) is -1.83. The second kappa shape index (κ2) is 24.0. The van der Waals surface area contributed by atoms with Crippen molar-refractivity contribution in [2.24, 2.45) is 0 Å². The van der Waals surface area contributed by atoms with Gasteiger partial charge in [0, 0.05) is 6.92 Å². The van der Waals surface area contributed by atoms with Gasteiger partial charge in [0.25, 0.3) is 0 Å². The molecule has 6 aliphatic rings. The van der Waals surface area contributed by atoms with Gasteiger partial charge in [0.05, 0.1) is 32.5 Å². The van der Waals surface area contributed by atoms with E-state index in [-0.39, 0.29) is 0 Å². The van der Waals surface area contributed by atoms with Crippen LogP contribution >= 0.6 is 0 Å². The Hall–Kier alpha value is -2.18. The number of rotatable bonds is 16. The van der Waals surface area contributed by atoms with E-state index in [2.05, 4.69) is 5.32 Å². The van der Waals surface area contributed by atoms with Gasteiger partial charge < -0.3 is 149 Å². The quantitative estimate of drug-likeness (QED) is 0.0682. The predicted molar refractivity (Wildman–Crippen MR) is 210 cm³/mol. The molecule has 32 nitrogen and oxygen atoms in total. The number of aliphatic carboxylic acids is 1. The predicted octanol–water partition coefficient (Wildman–Crippen LogP) is -12.8. The van der Waals surface area contributed by atoms with Crippen molar-refractivity contribution in [3.05, 3.63) is 0 Å². The molecule has 0 spiro atoms. The average Bonchev–Trinajstić information content (AvgIpc) is 3.32. The first-order valence-electron chi connectivity index (χ1n) is 22.0. The summed E-state index contributed by atoms with van der Waals surface area (Å²) in [6.45, 7) is -1.69. The Morgan fingerprint density at radius 2 is 0.829 bits per heavy atom. The molecule has 19 N–H and O–H groups in total. The lowest BCUT2D eigenvalue weighted by atomic mass is 9.94. The third-order valence-corrected chi connectivity index (χ3v) is 12.8. The fraction of sp³-hybridized carbons (Fsp3) is 0.947. The lowest BCUT2D eigenvalue weighted by Gasteiger charge is -2.51. The molecule has 0 radical (unpaired) electrons. The van der Waals surface area contributed by atoms with Crippen molar-refractivity contribution in [2.75, 3.05) is 26.4 Å². The molecule has 406 valence electrons. The van der Waals surface area contributed by atoms with E-state index in [0.29, 0.717) is 0 Å². The summed E-state index contributed by atoms with van der Waals surface area (Å²) in [6.07, 6.45) is -57.8. The number of aliphatic hydroxyl groups is 17. The molecule has 0 aromatic heterocycles. The summed E-state index contributed by atoms with van der Waals surface area (Å²) >= 11 is 0. The van der Waals surface area contributed by atoms with Gasteiger partial charge in [-0.05, 0) is 6.92 Å². The molecule has 70 heavy (non-hydrogen) atoms. The van der Waals surface area contributed by atoms with Gasteiger partial charge in [-0.3, -0.25) is 4.79 Å². The van der Waals surface area contributed by atoms with Crippen LogP contribution in [0.1, 0.15) is 13.8 Å². The van der Waals surface area contributed by atoms with Gasteiger partial charge in [-0.2, -0.15) is 0 Å². The van der Waals surface area contributed by atoms with Gasteiger partial charge in [0.2, 0.25) is 5.91 Å². The van der Waals surface area contributed by atoms with Crippen LogP contribution in [0.2, 0.25) is 0 Å². The summed E-state index contributed by atoms with van der Waals surface area (Å²) in [5, 5.41) is 193. The number of carbonyl (C=O) groups is 2. The largest absolute Gasteiger partial charge is 0.479 e. The van der Waals surface area contributed by atoms with E-state index in [9.17, 15) is 102 Å². The maximum Gasteiger partial charge on any atom is 0.335 e. The van der Waals surface area contributed by atoms with E-state index < -0.39 is 222 Å². The monoisotopic (exact) mass is 1030 g/mol. The second-order valence-electron chi connectivity index (χ2n) is 17.5. The number of carbonyl (C=O) groups excluding carboxylic acids is 1. The fourth-order valence-electron chi connectivity index (χ4n) is 8.83. The third kappa shape index (κ3) is 11.7. The van der Waals surface area contributed by atoms with Gasteiger partial charge >= 0.3 is 5.97 Å². The first kappa shape index (κ1) is 57.1. The van der Waals surface area contributed by atoms with Crippen molar-refractivity contribution in [2.45, 2.75) is 198 Å². The Balaban J connectivity index is 1.28. The van der Waals surface area contributed by atoms with Crippen molar-refractivity contribution in [1.82, 2.24) is 5.32 Å². The first-order valence-corrected chi connectivity index (χ1v) is 22.0. The van der Waals surface area contributed by atoms with Crippen LogP contribution in [0.5, 0.6) is 0 Å². The summed E-state index contributed by atoms with van der Waals surface area (Å²) in [7, 11) is 0. The standard InChI is InChI=1S/C38H63NO31/c1-7-26(20(51)22(53)33(59)60-7)65-38-31(28(16(47)11(5-42)63-38)68-36-24(55)19(50)15(46)10(4-41)62-36)70-37-25(56)21(52)29(30(69-37)32(57)58)67-34-13(39-8(2)44)17(48)27(12(6-43)64-34)66-35-23(54)18(49)14(45)9(3-40)61-35/h7,9-31,33-38,40-43,45-56,59H,3-6H2,1-2H3,(H,39,44)(H,57,58)/t7-,9+,10+,11+,12+,13+,14+,15-,16+,17+,18-,19-,20-,21+,22+,23+,24+,25+,26-,27+,28-,29-,30-,31-,33-,34-,35+,36+,37-,38+/m0/s1. The summed E-state index contributed by atoms with van der Waals surface area (Å²) < 4.78 is 62.2. The van der Waals surface area contributed by atoms with Crippen molar-refractivity contribution in [3.8, 4) is 0 Å². The Labute approximate surface area is 395 Å². The third-order valence-electron chi connectivity index (χ3n) is 12.8. The van der Waals surface area contributed by atoms with Crippen molar-refractivity contribution >= 4 is 11.9 Å². The molecule has 0 aliphatic carbocycles. The van der Waals surface area contributed by atoms with E-state index in [1.54, 1.807) is 0 Å². The molecular formula is C38H63NO31. The zero-order chi connectivity index (χ0) is 51.8. The van der Waals surface area contributed by atoms with Crippen LogP contribution in [0, 0.1) is 0 Å². The van der Waals surface area contributed by atoms with Crippen molar-refractivity contribution in [1.29, 1.82) is 0 Å². The maximum absolute atomic E-state index is 12.9. The molecule has 6 rings (SSSR count). The molecule has 6 heterocycles. The number of hydrogen-bond acceptors (Lipinski definition) is 30. The van der Waals surface area contributed by atoms with Gasteiger partial charge in [-0.15, -0.1) is 0 Å². The smallest absolute Gasteiger partial charge is 0.335 e. The zero-order valence-electron chi connectivity index (χ0n) is 37.0. The molecule has 0 bridgehead atoms. The fourth-order valence-corrected chi connectivity index (χ4v) is 8.83. The highest BCUT2D eigenvalue weighted by Gasteiger charge is 2.59. The van der Waals surface area contributed by atoms with Crippen molar-refractivity contribution < 1.29 is 154 Å². The van der Waals surface area contributed by atoms with Gasteiger partial charge in [-0.1, -0.05) is 0 Å². The topological polar surface area (TPSA) is 512 Å². The normalized spacial score (nSPS) is 51.4. The molecule has 32 heteroatoms. The lowest BCUT2D eigenvalue weighted by Crippen LogP contribution is -2.70. The molecule has 0 aromatic rings. The SMILES string of the molecule is CC(=O)N[C@H]1[C@H](O[C@H]2[C@H](O)[C@@H](O)[C@H](O[C@@H]3[C@@H](O[C@@H]4[C@@H](O)[C@@H](O)[C@@H](O)O[C@H]4C)O[C@H](CO)[C@@H](O)[C@@H]3O[C@H]3O[C@H](CO)[C@H](O)[C@H](O)[C@H]3O)O[C@@H]2C(=O)O)O[C@H](CO)[C@@H](O[C@H]2O[C@H](CO)[C@@H](O)[C@H](O)[C@H]2O)[C@@H]1O. The van der Waals surface area contributed by atoms with Crippen LogP contribution < -0.4 is 5.32 Å². The number of carboxylic acids is 1. The Morgan fingerprint density at radius 3 is 1.34 bits per heavy atom. The molecule has 6 aliphatic heterocycles. The van der Waals surface area contributed by atoms with Gasteiger partial charge in [0.15, 0.2) is 43.8 Å². The van der Waals surface area contributed by atoms with Crippen LogP contribution in [0.3, 0.4) is 0 Å². The molecule has 0 aromatic carbocycles.